The lowest BCUT2D eigenvalue weighted by atomic mass is 9.99. The zero-order valence-electron chi connectivity index (χ0n) is 17.4. The van der Waals surface area contributed by atoms with Crippen LogP contribution in [0.4, 0.5) is 22.7 Å². The molecule has 0 atom stereocenters. The highest BCUT2D eigenvalue weighted by molar-refractivity contribution is 5.80. The maximum absolute atomic E-state index is 4.30. The van der Waals surface area contributed by atoms with Gasteiger partial charge in [0, 0.05) is 22.7 Å². The summed E-state index contributed by atoms with van der Waals surface area (Å²) in [6.45, 7) is 8.49. The molecule has 0 aliphatic heterocycles. The van der Waals surface area contributed by atoms with Gasteiger partial charge in [-0.3, -0.25) is 0 Å². The van der Waals surface area contributed by atoms with Gasteiger partial charge in [0.1, 0.15) is 0 Å². The van der Waals surface area contributed by atoms with Crippen molar-refractivity contribution in [1.29, 1.82) is 0 Å². The Morgan fingerprint density at radius 1 is 0.467 bits per heavy atom. The summed E-state index contributed by atoms with van der Waals surface area (Å²) in [6.07, 6.45) is 0. The normalized spacial score (nSPS) is 10.5. The summed E-state index contributed by atoms with van der Waals surface area (Å²) < 4.78 is 0. The fraction of sp³-hybridized carbons (Fsp3) is 0.0714. The van der Waals surface area contributed by atoms with Gasteiger partial charge in [0.05, 0.1) is 0 Å². The molecule has 0 unspecified atom stereocenters. The molecule has 0 aliphatic carbocycles. The molecule has 0 aromatic heterocycles. The molecule has 30 heavy (non-hydrogen) atoms. The van der Waals surface area contributed by atoms with Gasteiger partial charge in [-0.25, -0.2) is 0 Å². The van der Waals surface area contributed by atoms with Crippen LogP contribution in [0.25, 0.3) is 5.57 Å². The van der Waals surface area contributed by atoms with Gasteiger partial charge in [0.25, 0.3) is 0 Å². The lowest BCUT2D eigenvalue weighted by Crippen LogP contribution is -1.93. The van der Waals surface area contributed by atoms with Gasteiger partial charge < -0.3 is 10.6 Å². The summed E-state index contributed by atoms with van der Waals surface area (Å²) in [6, 6.07) is 33.6. The monoisotopic (exact) mass is 390 g/mol. The Hall–Kier alpha value is -3.78. The molecule has 4 aromatic rings. The quantitative estimate of drug-likeness (QED) is 0.350. The minimum absolute atomic E-state index is 1.01. The minimum atomic E-state index is 1.01. The zero-order valence-corrected chi connectivity index (χ0v) is 17.4. The summed E-state index contributed by atoms with van der Waals surface area (Å²) in [4.78, 5) is 0. The van der Waals surface area contributed by atoms with Crippen molar-refractivity contribution in [2.24, 2.45) is 0 Å². The van der Waals surface area contributed by atoms with Crippen molar-refractivity contribution in [2.45, 2.75) is 13.8 Å². The fourth-order valence-electron chi connectivity index (χ4n) is 3.28. The van der Waals surface area contributed by atoms with Crippen LogP contribution >= 0.6 is 0 Å². The molecule has 2 N–H and O–H groups in total. The molecule has 4 rings (SSSR count). The Balaban J connectivity index is 1.42. The lowest BCUT2D eigenvalue weighted by molar-refractivity contribution is 1.45. The summed E-state index contributed by atoms with van der Waals surface area (Å²) >= 11 is 0. The molecule has 4 aromatic carbocycles. The molecule has 0 amide bonds. The maximum atomic E-state index is 4.30. The Kier molecular flexibility index (Phi) is 5.67. The van der Waals surface area contributed by atoms with Crippen LogP contribution < -0.4 is 10.6 Å². The number of aryl methyl sites for hydroxylation is 2. The second-order valence-electron chi connectivity index (χ2n) is 7.62. The largest absolute Gasteiger partial charge is 0.356 e. The molecule has 0 spiro atoms. The highest BCUT2D eigenvalue weighted by Crippen LogP contribution is 2.26. The molecule has 0 radical (unpaired) electrons. The smallest absolute Gasteiger partial charge is 0.0384 e. The molecule has 2 heteroatoms. The highest BCUT2D eigenvalue weighted by atomic mass is 14.9. The molecule has 0 heterocycles. The third kappa shape index (κ3) is 4.79. The Bertz CT molecular complexity index is 1030. The van der Waals surface area contributed by atoms with Crippen LogP contribution in [0.3, 0.4) is 0 Å². The highest BCUT2D eigenvalue weighted by Gasteiger charge is 2.04. The fourth-order valence-corrected chi connectivity index (χ4v) is 3.28. The van der Waals surface area contributed by atoms with Crippen molar-refractivity contribution >= 4 is 28.3 Å². The first-order chi connectivity index (χ1) is 14.6. The van der Waals surface area contributed by atoms with E-state index in [-0.39, 0.29) is 0 Å². The van der Waals surface area contributed by atoms with Crippen molar-refractivity contribution in [1.82, 2.24) is 0 Å². The van der Waals surface area contributed by atoms with Crippen LogP contribution in [0, 0.1) is 13.8 Å². The predicted octanol–water partition coefficient (Wildman–Crippen LogP) is 7.85. The summed E-state index contributed by atoms with van der Waals surface area (Å²) in [5.41, 5.74) is 10.1. The zero-order chi connectivity index (χ0) is 20.9. The van der Waals surface area contributed by atoms with Crippen molar-refractivity contribution in [3.8, 4) is 0 Å². The van der Waals surface area contributed by atoms with E-state index < -0.39 is 0 Å². The Morgan fingerprint density at radius 2 is 0.733 bits per heavy atom. The molecule has 0 bridgehead atoms. The van der Waals surface area contributed by atoms with Crippen LogP contribution in [0.1, 0.15) is 22.3 Å². The van der Waals surface area contributed by atoms with Crippen molar-refractivity contribution < 1.29 is 0 Å². The number of nitrogens with one attached hydrogen (secondary N) is 2. The first-order valence-electron chi connectivity index (χ1n) is 10.1. The van der Waals surface area contributed by atoms with Gasteiger partial charge in [-0.2, -0.15) is 0 Å². The van der Waals surface area contributed by atoms with E-state index in [0.29, 0.717) is 0 Å². The Labute approximate surface area is 178 Å². The second kappa shape index (κ2) is 8.71. The van der Waals surface area contributed by atoms with Crippen LogP contribution in [-0.4, -0.2) is 0 Å². The van der Waals surface area contributed by atoms with Crippen LogP contribution in [-0.2, 0) is 0 Å². The van der Waals surface area contributed by atoms with Crippen molar-refractivity contribution in [2.75, 3.05) is 10.6 Å². The van der Waals surface area contributed by atoms with E-state index >= 15 is 0 Å². The number of anilines is 4. The topological polar surface area (TPSA) is 24.1 Å². The van der Waals surface area contributed by atoms with Crippen LogP contribution in [0.15, 0.2) is 104 Å². The van der Waals surface area contributed by atoms with Crippen LogP contribution in [0.5, 0.6) is 0 Å². The lowest BCUT2D eigenvalue weighted by Gasteiger charge is -2.11. The van der Waals surface area contributed by atoms with Gasteiger partial charge in [-0.05, 0) is 79.1 Å². The number of benzene rings is 4. The SMILES string of the molecule is C=C(c1ccc(Nc2ccc(C)cc2)cc1)c1ccc(Nc2ccc(C)cc2)cc1. The van der Waals surface area contributed by atoms with Gasteiger partial charge in [-0.1, -0.05) is 66.2 Å². The van der Waals surface area contributed by atoms with Gasteiger partial charge >= 0.3 is 0 Å². The van der Waals surface area contributed by atoms with E-state index in [4.69, 9.17) is 0 Å². The first kappa shape index (κ1) is 19.5. The minimum Gasteiger partial charge on any atom is -0.356 e. The summed E-state index contributed by atoms with van der Waals surface area (Å²) in [5, 5.41) is 6.87. The number of hydrogen-bond donors (Lipinski definition) is 2. The van der Waals surface area contributed by atoms with Gasteiger partial charge in [0.15, 0.2) is 0 Å². The van der Waals surface area contributed by atoms with Crippen LogP contribution in [0.2, 0.25) is 0 Å². The van der Waals surface area contributed by atoms with Gasteiger partial charge in [-0.15, -0.1) is 0 Å². The predicted molar refractivity (Wildman–Crippen MR) is 130 cm³/mol. The molecular weight excluding hydrogens is 364 g/mol. The van der Waals surface area contributed by atoms with E-state index in [0.717, 1.165) is 39.4 Å². The molecule has 0 aliphatic rings. The molecule has 0 fully saturated rings. The average Bonchev–Trinajstić information content (AvgIpc) is 2.77. The Morgan fingerprint density at radius 3 is 1.03 bits per heavy atom. The summed E-state index contributed by atoms with van der Waals surface area (Å²) in [5.74, 6) is 0. The van der Waals surface area contributed by atoms with Crippen molar-refractivity contribution in [3.63, 3.8) is 0 Å². The van der Waals surface area contributed by atoms with E-state index in [1.165, 1.54) is 11.1 Å². The van der Waals surface area contributed by atoms with E-state index in [1.807, 2.05) is 0 Å². The second-order valence-corrected chi connectivity index (χ2v) is 7.62. The number of rotatable bonds is 6. The third-order valence-corrected chi connectivity index (χ3v) is 5.15. The average molecular weight is 391 g/mol. The molecule has 2 nitrogen and oxygen atoms in total. The van der Waals surface area contributed by atoms with E-state index in [2.05, 4.69) is 128 Å². The standard InChI is InChI=1S/C28H26N2/c1-20-4-12-25(13-5-20)29-27-16-8-23(9-17-27)22(3)24-10-18-28(19-11-24)30-26-14-6-21(2)7-15-26/h4-19,29-30H,3H2,1-2H3. The van der Waals surface area contributed by atoms with E-state index in [1.54, 1.807) is 0 Å². The molecule has 148 valence electrons. The molecular formula is C28H26N2. The van der Waals surface area contributed by atoms with E-state index in [9.17, 15) is 0 Å². The van der Waals surface area contributed by atoms with Crippen molar-refractivity contribution in [3.05, 3.63) is 126 Å². The molecule has 0 saturated carbocycles. The molecule has 0 saturated heterocycles. The number of hydrogen-bond acceptors (Lipinski definition) is 2. The third-order valence-electron chi connectivity index (χ3n) is 5.15. The maximum Gasteiger partial charge on any atom is 0.0384 e. The van der Waals surface area contributed by atoms with Gasteiger partial charge in [0.2, 0.25) is 0 Å². The summed E-state index contributed by atoms with van der Waals surface area (Å²) in [7, 11) is 0. The first-order valence-corrected chi connectivity index (χ1v) is 10.1.